The maximum Gasteiger partial charge on any atom is 0.410 e. The summed E-state index contributed by atoms with van der Waals surface area (Å²) in [6.07, 6.45) is 1.74. The molecule has 4 rings (SSSR count). The number of anilines is 1. The van der Waals surface area contributed by atoms with E-state index in [4.69, 9.17) is 16.3 Å². The van der Waals surface area contributed by atoms with E-state index in [0.29, 0.717) is 12.5 Å². The molecule has 2 saturated heterocycles. The summed E-state index contributed by atoms with van der Waals surface area (Å²) in [7, 11) is 0. The average Bonchev–Trinajstić information content (AvgIpc) is 2.84. The maximum absolute atomic E-state index is 12.4. The minimum absolute atomic E-state index is 0.0608. The lowest BCUT2D eigenvalue weighted by atomic mass is 9.96. The van der Waals surface area contributed by atoms with Gasteiger partial charge in [0.2, 0.25) is 0 Å². The molecular weight excluding hydrogens is 444 g/mol. The summed E-state index contributed by atoms with van der Waals surface area (Å²) in [6, 6.07) is 14.7. The van der Waals surface area contributed by atoms with Crippen molar-refractivity contribution in [3.63, 3.8) is 0 Å². The van der Waals surface area contributed by atoms with Crippen LogP contribution in [0.3, 0.4) is 0 Å². The van der Waals surface area contributed by atoms with Crippen molar-refractivity contribution in [2.45, 2.75) is 19.4 Å². The number of nitro groups is 1. The fourth-order valence-electron chi connectivity index (χ4n) is 4.50. The third-order valence-electron chi connectivity index (χ3n) is 6.46. The fourth-order valence-corrected chi connectivity index (χ4v) is 4.75. The van der Waals surface area contributed by atoms with E-state index in [2.05, 4.69) is 9.80 Å². The van der Waals surface area contributed by atoms with Gasteiger partial charge in [-0.25, -0.2) is 4.79 Å². The zero-order valence-corrected chi connectivity index (χ0v) is 19.3. The van der Waals surface area contributed by atoms with Crippen LogP contribution in [-0.2, 0) is 11.3 Å². The first kappa shape index (κ1) is 23.3. The number of hydrogen-bond donors (Lipinski definition) is 0. The highest BCUT2D eigenvalue weighted by molar-refractivity contribution is 6.32. The molecule has 2 aliphatic rings. The summed E-state index contributed by atoms with van der Waals surface area (Å²) in [5.41, 5.74) is 1.86. The van der Waals surface area contributed by atoms with Crippen LogP contribution in [-0.4, -0.2) is 66.6 Å². The van der Waals surface area contributed by atoms with Gasteiger partial charge >= 0.3 is 6.09 Å². The highest BCUT2D eigenvalue weighted by Crippen LogP contribution is 2.30. The van der Waals surface area contributed by atoms with Gasteiger partial charge in [-0.05, 0) is 36.5 Å². The summed E-state index contributed by atoms with van der Waals surface area (Å²) in [4.78, 5) is 29.4. The fraction of sp³-hybridized carbons (Fsp3) is 0.458. The van der Waals surface area contributed by atoms with Crippen molar-refractivity contribution < 1.29 is 14.5 Å². The van der Waals surface area contributed by atoms with E-state index in [1.54, 1.807) is 12.1 Å². The summed E-state index contributed by atoms with van der Waals surface area (Å²) < 4.78 is 5.46. The van der Waals surface area contributed by atoms with Gasteiger partial charge in [0.25, 0.3) is 5.69 Å². The van der Waals surface area contributed by atoms with Crippen molar-refractivity contribution in [1.29, 1.82) is 0 Å². The molecule has 2 aromatic rings. The quantitative estimate of drug-likeness (QED) is 0.457. The predicted molar refractivity (Wildman–Crippen MR) is 128 cm³/mol. The van der Waals surface area contributed by atoms with Crippen LogP contribution in [0, 0.1) is 16.0 Å². The molecule has 0 aliphatic carbocycles. The van der Waals surface area contributed by atoms with Gasteiger partial charge in [-0.3, -0.25) is 15.0 Å². The Bertz CT molecular complexity index is 958. The van der Waals surface area contributed by atoms with Crippen molar-refractivity contribution in [1.82, 2.24) is 9.80 Å². The number of nitrogens with zero attached hydrogens (tertiary/aromatic N) is 4. The molecule has 0 spiro atoms. The van der Waals surface area contributed by atoms with Crippen LogP contribution in [0.1, 0.15) is 18.4 Å². The van der Waals surface area contributed by atoms with Gasteiger partial charge in [0.15, 0.2) is 0 Å². The van der Waals surface area contributed by atoms with Crippen LogP contribution in [0.25, 0.3) is 0 Å². The van der Waals surface area contributed by atoms with Crippen molar-refractivity contribution in [2.75, 3.05) is 50.7 Å². The van der Waals surface area contributed by atoms with Gasteiger partial charge in [0.05, 0.1) is 4.92 Å². The first-order valence-corrected chi connectivity index (χ1v) is 11.7. The first-order chi connectivity index (χ1) is 16.0. The Hall–Kier alpha value is -2.84. The number of piperazine rings is 1. The van der Waals surface area contributed by atoms with E-state index in [9.17, 15) is 14.9 Å². The van der Waals surface area contributed by atoms with Crippen LogP contribution in [0.4, 0.5) is 16.2 Å². The number of nitro benzene ring substituents is 1. The Kier molecular flexibility index (Phi) is 7.67. The van der Waals surface area contributed by atoms with Gasteiger partial charge in [-0.15, -0.1) is 0 Å². The highest BCUT2D eigenvalue weighted by Gasteiger charge is 2.27. The zero-order chi connectivity index (χ0) is 23.2. The number of amides is 1. The van der Waals surface area contributed by atoms with E-state index >= 15 is 0 Å². The van der Waals surface area contributed by atoms with E-state index < -0.39 is 4.92 Å². The summed E-state index contributed by atoms with van der Waals surface area (Å²) in [5.74, 6) is 0.573. The second kappa shape index (κ2) is 10.9. The Labute approximate surface area is 198 Å². The number of likely N-dealkylation sites (tertiary alicyclic amines) is 1. The Morgan fingerprint density at radius 3 is 2.36 bits per heavy atom. The minimum atomic E-state index is -0.460. The number of rotatable bonds is 6. The van der Waals surface area contributed by atoms with Crippen LogP contribution in [0.5, 0.6) is 0 Å². The molecule has 0 unspecified atom stereocenters. The summed E-state index contributed by atoms with van der Waals surface area (Å²) in [6.45, 7) is 6.41. The van der Waals surface area contributed by atoms with Crippen LogP contribution < -0.4 is 4.90 Å². The van der Waals surface area contributed by atoms with Crippen molar-refractivity contribution in [3.05, 3.63) is 69.2 Å². The number of ether oxygens (including phenoxy) is 1. The highest BCUT2D eigenvalue weighted by atomic mass is 35.5. The SMILES string of the molecule is O=C(OCc1ccccc1)N1CCC(CN2CCN(c3ccc([N+](=O)[O-])c(Cl)c3)CC2)CC1. The number of carbonyl (C=O) groups excluding carboxylic acids is 1. The van der Waals surface area contributed by atoms with Crippen LogP contribution in [0.2, 0.25) is 5.02 Å². The second-order valence-electron chi connectivity index (χ2n) is 8.65. The normalized spacial score (nSPS) is 17.7. The van der Waals surface area contributed by atoms with Gasteiger partial charge in [-0.1, -0.05) is 41.9 Å². The third kappa shape index (κ3) is 6.15. The number of halogens is 1. The standard InChI is InChI=1S/C24H29ClN4O4/c25-22-16-21(6-7-23(22)29(31)32)27-14-12-26(13-15-27)17-19-8-10-28(11-9-19)24(30)33-18-20-4-2-1-3-5-20/h1-7,16,19H,8-15,17-18H2. The number of hydrogen-bond acceptors (Lipinski definition) is 6. The summed E-state index contributed by atoms with van der Waals surface area (Å²) >= 11 is 6.07. The molecule has 0 radical (unpaired) electrons. The number of benzene rings is 2. The van der Waals surface area contributed by atoms with Gasteiger partial charge < -0.3 is 14.5 Å². The third-order valence-corrected chi connectivity index (χ3v) is 6.76. The molecule has 33 heavy (non-hydrogen) atoms. The lowest BCUT2D eigenvalue weighted by Crippen LogP contribution is -2.49. The lowest BCUT2D eigenvalue weighted by Gasteiger charge is -2.39. The number of carbonyl (C=O) groups is 1. The topological polar surface area (TPSA) is 79.2 Å². The molecule has 2 aliphatic heterocycles. The maximum atomic E-state index is 12.4. The molecular formula is C24H29ClN4O4. The molecule has 0 aromatic heterocycles. The second-order valence-corrected chi connectivity index (χ2v) is 9.06. The molecule has 9 heteroatoms. The average molecular weight is 473 g/mol. The monoisotopic (exact) mass is 472 g/mol. The molecule has 1 amide bonds. The van der Waals surface area contributed by atoms with Crippen LogP contribution >= 0.6 is 11.6 Å². The Morgan fingerprint density at radius 2 is 1.73 bits per heavy atom. The van der Waals surface area contributed by atoms with Crippen molar-refractivity contribution >= 4 is 29.1 Å². The van der Waals surface area contributed by atoms with Crippen molar-refractivity contribution in [2.24, 2.45) is 5.92 Å². The minimum Gasteiger partial charge on any atom is -0.445 e. The number of piperidine rings is 1. The first-order valence-electron chi connectivity index (χ1n) is 11.4. The molecule has 0 saturated carbocycles. The zero-order valence-electron chi connectivity index (χ0n) is 18.6. The van der Waals surface area contributed by atoms with E-state index in [-0.39, 0.29) is 16.8 Å². The van der Waals surface area contributed by atoms with Crippen LogP contribution in [0.15, 0.2) is 48.5 Å². The Balaban J connectivity index is 1.18. The van der Waals surface area contributed by atoms with Crippen molar-refractivity contribution in [3.8, 4) is 0 Å². The molecule has 2 fully saturated rings. The molecule has 0 N–H and O–H groups in total. The summed E-state index contributed by atoms with van der Waals surface area (Å²) in [5, 5.41) is 11.1. The van der Waals surface area contributed by atoms with E-state index in [1.807, 2.05) is 35.2 Å². The lowest BCUT2D eigenvalue weighted by molar-refractivity contribution is -0.384. The molecule has 0 bridgehead atoms. The van der Waals surface area contributed by atoms with Gasteiger partial charge in [0.1, 0.15) is 11.6 Å². The molecule has 8 nitrogen and oxygen atoms in total. The smallest absolute Gasteiger partial charge is 0.410 e. The van der Waals surface area contributed by atoms with Gasteiger partial charge in [0, 0.05) is 57.6 Å². The predicted octanol–water partition coefficient (Wildman–Crippen LogP) is 4.42. The molecule has 2 heterocycles. The van der Waals surface area contributed by atoms with E-state index in [0.717, 1.165) is 69.9 Å². The Morgan fingerprint density at radius 1 is 1.03 bits per heavy atom. The molecule has 0 atom stereocenters. The largest absolute Gasteiger partial charge is 0.445 e. The molecule has 2 aromatic carbocycles. The van der Waals surface area contributed by atoms with Gasteiger partial charge in [-0.2, -0.15) is 0 Å². The van der Waals surface area contributed by atoms with E-state index in [1.165, 1.54) is 6.07 Å². The molecule has 176 valence electrons.